The van der Waals surface area contributed by atoms with Crippen LogP contribution in [0.25, 0.3) is 0 Å². The van der Waals surface area contributed by atoms with Crippen molar-refractivity contribution in [1.82, 2.24) is 9.97 Å². The van der Waals surface area contributed by atoms with Gasteiger partial charge in [0, 0.05) is 18.9 Å². The van der Waals surface area contributed by atoms with Crippen LogP contribution in [0.1, 0.15) is 17.3 Å². The minimum absolute atomic E-state index is 0.0605. The number of nitrogens with zero attached hydrogens (tertiary/aromatic N) is 2. The van der Waals surface area contributed by atoms with Crippen molar-refractivity contribution in [3.63, 3.8) is 0 Å². The zero-order chi connectivity index (χ0) is 13.0. The lowest BCUT2D eigenvalue weighted by atomic mass is 9.98. The van der Waals surface area contributed by atoms with Gasteiger partial charge in [-0.2, -0.15) is 0 Å². The van der Waals surface area contributed by atoms with Crippen molar-refractivity contribution in [2.75, 3.05) is 13.7 Å². The lowest BCUT2D eigenvalue weighted by Gasteiger charge is -2.14. The zero-order valence-corrected chi connectivity index (χ0v) is 10.8. The van der Waals surface area contributed by atoms with Gasteiger partial charge in [0.05, 0.1) is 18.1 Å². The van der Waals surface area contributed by atoms with Gasteiger partial charge in [-0.3, -0.25) is 0 Å². The van der Waals surface area contributed by atoms with Gasteiger partial charge >= 0.3 is 0 Å². The third-order valence-electron chi connectivity index (χ3n) is 2.71. The van der Waals surface area contributed by atoms with E-state index >= 15 is 0 Å². The number of hydrogen-bond acceptors (Lipinski definition) is 4. The number of halogens is 1. The van der Waals surface area contributed by atoms with Crippen molar-refractivity contribution in [2.45, 2.75) is 5.92 Å². The van der Waals surface area contributed by atoms with Crippen LogP contribution >= 0.6 is 11.6 Å². The monoisotopic (exact) mass is 263 g/mol. The number of rotatable bonds is 4. The van der Waals surface area contributed by atoms with E-state index in [9.17, 15) is 0 Å². The minimum Gasteiger partial charge on any atom is -0.495 e. The average Bonchev–Trinajstić information content (AvgIpc) is 2.41. The molecule has 2 rings (SSSR count). The molecule has 1 heterocycles. The third-order valence-corrected chi connectivity index (χ3v) is 3.01. The van der Waals surface area contributed by atoms with Gasteiger partial charge in [-0.05, 0) is 23.8 Å². The predicted octanol–water partition coefficient (Wildman–Crippen LogP) is 2.23. The zero-order valence-electron chi connectivity index (χ0n) is 10.0. The number of methoxy groups -OCH3 is 1. The fourth-order valence-electron chi connectivity index (χ4n) is 1.78. The second-order valence-electron chi connectivity index (χ2n) is 3.79. The van der Waals surface area contributed by atoms with Crippen LogP contribution in [0.3, 0.4) is 0 Å². The van der Waals surface area contributed by atoms with Gasteiger partial charge in [0.25, 0.3) is 0 Å². The lowest BCUT2D eigenvalue weighted by molar-refractivity contribution is 0.415. The Bertz CT molecular complexity index is 519. The Balaban J connectivity index is 2.37. The van der Waals surface area contributed by atoms with Crippen LogP contribution in [-0.4, -0.2) is 23.6 Å². The molecule has 18 heavy (non-hydrogen) atoms. The smallest absolute Gasteiger partial charge is 0.137 e. The molecule has 1 unspecified atom stereocenters. The molecule has 0 bridgehead atoms. The van der Waals surface area contributed by atoms with Crippen LogP contribution in [0, 0.1) is 0 Å². The van der Waals surface area contributed by atoms with E-state index < -0.39 is 0 Å². The second-order valence-corrected chi connectivity index (χ2v) is 4.20. The van der Waals surface area contributed by atoms with Crippen LogP contribution in [0.5, 0.6) is 5.75 Å². The summed E-state index contributed by atoms with van der Waals surface area (Å²) in [5, 5.41) is 0.560. The molecule has 2 aromatic rings. The van der Waals surface area contributed by atoms with E-state index in [-0.39, 0.29) is 5.92 Å². The van der Waals surface area contributed by atoms with E-state index in [0.29, 0.717) is 23.1 Å². The first-order valence-corrected chi connectivity index (χ1v) is 5.94. The minimum atomic E-state index is -0.0605. The van der Waals surface area contributed by atoms with Gasteiger partial charge in [-0.15, -0.1) is 0 Å². The van der Waals surface area contributed by atoms with E-state index in [4.69, 9.17) is 22.1 Å². The molecule has 0 aliphatic carbocycles. The van der Waals surface area contributed by atoms with Gasteiger partial charge < -0.3 is 10.5 Å². The highest BCUT2D eigenvalue weighted by molar-refractivity contribution is 6.32. The second kappa shape index (κ2) is 5.80. The normalized spacial score (nSPS) is 12.2. The van der Waals surface area contributed by atoms with Gasteiger partial charge in [-0.1, -0.05) is 17.7 Å². The van der Waals surface area contributed by atoms with Crippen LogP contribution in [0.15, 0.2) is 36.7 Å². The van der Waals surface area contributed by atoms with Crippen molar-refractivity contribution in [2.24, 2.45) is 5.73 Å². The molecule has 94 valence electrons. The molecular weight excluding hydrogens is 250 g/mol. The fourth-order valence-corrected chi connectivity index (χ4v) is 2.05. The number of nitrogens with two attached hydrogens (primary N) is 1. The first kappa shape index (κ1) is 12.8. The molecule has 0 aliphatic rings. The van der Waals surface area contributed by atoms with E-state index in [1.165, 1.54) is 0 Å². The van der Waals surface area contributed by atoms with E-state index in [1.54, 1.807) is 25.6 Å². The van der Waals surface area contributed by atoms with Crippen molar-refractivity contribution in [3.05, 3.63) is 53.1 Å². The molecule has 0 aliphatic heterocycles. The standard InChI is InChI=1S/C13H14ClN3O/c1-18-12-4-3-9(7-11(12)14)10(8-15)13-16-5-2-6-17-13/h2-7,10H,8,15H2,1H3. The quantitative estimate of drug-likeness (QED) is 0.919. The summed E-state index contributed by atoms with van der Waals surface area (Å²) in [7, 11) is 1.58. The molecule has 2 N–H and O–H groups in total. The summed E-state index contributed by atoms with van der Waals surface area (Å²) in [6, 6.07) is 7.37. The predicted molar refractivity (Wildman–Crippen MR) is 70.9 cm³/mol. The molecule has 0 radical (unpaired) electrons. The van der Waals surface area contributed by atoms with E-state index in [2.05, 4.69) is 9.97 Å². The highest BCUT2D eigenvalue weighted by atomic mass is 35.5. The van der Waals surface area contributed by atoms with Crippen molar-refractivity contribution < 1.29 is 4.74 Å². The number of aromatic nitrogens is 2. The SMILES string of the molecule is COc1ccc(C(CN)c2ncccn2)cc1Cl. The maximum Gasteiger partial charge on any atom is 0.137 e. The Kier molecular flexibility index (Phi) is 4.12. The summed E-state index contributed by atoms with van der Waals surface area (Å²) in [5.41, 5.74) is 6.78. The Morgan fingerprint density at radius 1 is 1.33 bits per heavy atom. The summed E-state index contributed by atoms with van der Waals surface area (Å²) in [4.78, 5) is 8.47. The number of ether oxygens (including phenoxy) is 1. The Morgan fingerprint density at radius 2 is 2.06 bits per heavy atom. The summed E-state index contributed by atoms with van der Waals surface area (Å²) in [5.74, 6) is 1.28. The van der Waals surface area contributed by atoms with Crippen molar-refractivity contribution in [3.8, 4) is 5.75 Å². The molecule has 4 nitrogen and oxygen atoms in total. The van der Waals surface area contributed by atoms with E-state index in [0.717, 1.165) is 5.56 Å². The summed E-state index contributed by atoms with van der Waals surface area (Å²) in [6.45, 7) is 0.423. The molecular formula is C13H14ClN3O. The van der Waals surface area contributed by atoms with Gasteiger partial charge in [0.2, 0.25) is 0 Å². The summed E-state index contributed by atoms with van der Waals surface area (Å²) >= 11 is 6.11. The maximum absolute atomic E-state index is 6.11. The lowest BCUT2D eigenvalue weighted by Crippen LogP contribution is -2.16. The average molecular weight is 264 g/mol. The summed E-state index contributed by atoms with van der Waals surface area (Å²) < 4.78 is 5.12. The third kappa shape index (κ3) is 2.60. The number of benzene rings is 1. The first-order chi connectivity index (χ1) is 8.76. The number of hydrogen-bond donors (Lipinski definition) is 1. The fraction of sp³-hybridized carbons (Fsp3) is 0.231. The molecule has 0 saturated heterocycles. The largest absolute Gasteiger partial charge is 0.495 e. The highest BCUT2D eigenvalue weighted by Crippen LogP contribution is 2.29. The van der Waals surface area contributed by atoms with Crippen molar-refractivity contribution in [1.29, 1.82) is 0 Å². The molecule has 1 aromatic carbocycles. The molecule has 5 heteroatoms. The van der Waals surface area contributed by atoms with Crippen molar-refractivity contribution >= 4 is 11.6 Å². The Labute approximate surface area is 111 Å². The molecule has 1 aromatic heterocycles. The van der Waals surface area contributed by atoms with Gasteiger partial charge in [-0.25, -0.2) is 9.97 Å². The van der Waals surface area contributed by atoms with Crippen LogP contribution in [0.2, 0.25) is 5.02 Å². The highest BCUT2D eigenvalue weighted by Gasteiger charge is 2.16. The van der Waals surface area contributed by atoms with Gasteiger partial charge in [0.1, 0.15) is 11.6 Å². The topological polar surface area (TPSA) is 61.0 Å². The summed E-state index contributed by atoms with van der Waals surface area (Å²) in [6.07, 6.45) is 3.41. The first-order valence-electron chi connectivity index (χ1n) is 5.56. The van der Waals surface area contributed by atoms with E-state index in [1.807, 2.05) is 18.2 Å². The molecule has 0 fully saturated rings. The van der Waals surface area contributed by atoms with Crippen LogP contribution in [-0.2, 0) is 0 Å². The van der Waals surface area contributed by atoms with Crippen LogP contribution < -0.4 is 10.5 Å². The van der Waals surface area contributed by atoms with Crippen LogP contribution in [0.4, 0.5) is 0 Å². The molecule has 0 amide bonds. The van der Waals surface area contributed by atoms with Gasteiger partial charge in [0.15, 0.2) is 0 Å². The molecule has 0 spiro atoms. The Morgan fingerprint density at radius 3 is 2.61 bits per heavy atom. The molecule has 0 saturated carbocycles. The maximum atomic E-state index is 6.11. The molecule has 1 atom stereocenters. The Hall–Kier alpha value is -1.65.